The van der Waals surface area contributed by atoms with Crippen LogP contribution in [0.2, 0.25) is 0 Å². The third kappa shape index (κ3) is 5.76. The van der Waals surface area contributed by atoms with Crippen molar-refractivity contribution >= 4 is 22.6 Å². The second-order valence-corrected chi connectivity index (χ2v) is 8.67. The minimum Gasteiger partial charge on any atom is -0.352 e. The van der Waals surface area contributed by atoms with E-state index >= 15 is 0 Å². The molecule has 1 unspecified atom stereocenters. The van der Waals surface area contributed by atoms with E-state index in [1.807, 2.05) is 70.2 Å². The molecule has 3 rings (SSSR count). The highest BCUT2D eigenvalue weighted by Gasteiger charge is 2.29. The standard InChI is InChI=1S/C28H34N2O2/c1-5-26(28(32)29-20(2)3)30(19-24-13-7-6-11-21(24)4)27(31)18-17-23-15-10-14-22-12-8-9-16-25(22)23/h6-16,20,26H,5,17-19H2,1-4H3,(H,29,32). The molecule has 0 aliphatic carbocycles. The number of amides is 2. The molecule has 32 heavy (non-hydrogen) atoms. The van der Waals surface area contributed by atoms with Crippen molar-refractivity contribution in [1.82, 2.24) is 10.2 Å². The molecule has 0 saturated carbocycles. The highest BCUT2D eigenvalue weighted by molar-refractivity contribution is 5.89. The molecule has 0 bridgehead atoms. The van der Waals surface area contributed by atoms with Crippen molar-refractivity contribution in [3.8, 4) is 0 Å². The summed E-state index contributed by atoms with van der Waals surface area (Å²) in [6.45, 7) is 8.33. The summed E-state index contributed by atoms with van der Waals surface area (Å²) >= 11 is 0. The number of hydrogen-bond donors (Lipinski definition) is 1. The van der Waals surface area contributed by atoms with Crippen molar-refractivity contribution in [1.29, 1.82) is 0 Å². The Kier molecular flexibility index (Phi) is 8.04. The third-order valence-electron chi connectivity index (χ3n) is 5.91. The SMILES string of the molecule is CCC(C(=O)NC(C)C)N(Cc1ccccc1C)C(=O)CCc1cccc2ccccc12. The highest BCUT2D eigenvalue weighted by Crippen LogP contribution is 2.22. The molecular formula is C28H34N2O2. The maximum absolute atomic E-state index is 13.5. The van der Waals surface area contributed by atoms with Crippen LogP contribution >= 0.6 is 0 Å². The summed E-state index contributed by atoms with van der Waals surface area (Å²) in [4.78, 5) is 28.2. The van der Waals surface area contributed by atoms with E-state index in [0.29, 0.717) is 25.8 Å². The number of carbonyl (C=O) groups is 2. The smallest absolute Gasteiger partial charge is 0.243 e. The van der Waals surface area contributed by atoms with Gasteiger partial charge < -0.3 is 10.2 Å². The fourth-order valence-electron chi connectivity index (χ4n) is 4.17. The Morgan fingerprint density at radius 1 is 0.906 bits per heavy atom. The quantitative estimate of drug-likeness (QED) is 0.493. The lowest BCUT2D eigenvalue weighted by Gasteiger charge is -2.31. The zero-order valence-corrected chi connectivity index (χ0v) is 19.6. The van der Waals surface area contributed by atoms with Gasteiger partial charge in [0.1, 0.15) is 6.04 Å². The molecule has 0 aromatic heterocycles. The molecule has 0 saturated heterocycles. The molecule has 0 radical (unpaired) electrons. The van der Waals surface area contributed by atoms with Gasteiger partial charge in [-0.25, -0.2) is 0 Å². The summed E-state index contributed by atoms with van der Waals surface area (Å²) in [5.74, 6) is -0.0819. The number of fused-ring (bicyclic) bond motifs is 1. The number of carbonyl (C=O) groups excluding carboxylic acids is 2. The monoisotopic (exact) mass is 430 g/mol. The molecule has 1 N–H and O–H groups in total. The summed E-state index contributed by atoms with van der Waals surface area (Å²) in [6.07, 6.45) is 1.59. The zero-order valence-electron chi connectivity index (χ0n) is 19.6. The van der Waals surface area contributed by atoms with E-state index in [1.165, 1.54) is 10.8 Å². The van der Waals surface area contributed by atoms with Crippen LogP contribution in [-0.2, 0) is 22.6 Å². The molecule has 1 atom stereocenters. The first-order valence-electron chi connectivity index (χ1n) is 11.5. The topological polar surface area (TPSA) is 49.4 Å². The van der Waals surface area contributed by atoms with Crippen LogP contribution in [0.25, 0.3) is 10.8 Å². The Balaban J connectivity index is 1.84. The molecule has 0 aliphatic rings. The Labute approximate surface area is 191 Å². The fraction of sp³-hybridized carbons (Fsp3) is 0.357. The Hall–Kier alpha value is -3.14. The molecular weight excluding hydrogens is 396 g/mol. The Morgan fingerprint density at radius 3 is 2.28 bits per heavy atom. The first-order chi connectivity index (χ1) is 15.4. The van der Waals surface area contributed by atoms with Crippen molar-refractivity contribution < 1.29 is 9.59 Å². The van der Waals surface area contributed by atoms with Gasteiger partial charge in [0.15, 0.2) is 0 Å². The van der Waals surface area contributed by atoms with Crippen molar-refractivity contribution in [2.45, 2.75) is 65.6 Å². The van der Waals surface area contributed by atoms with E-state index in [0.717, 1.165) is 16.7 Å². The molecule has 0 spiro atoms. The third-order valence-corrected chi connectivity index (χ3v) is 5.91. The average Bonchev–Trinajstić information content (AvgIpc) is 2.78. The molecule has 4 heteroatoms. The molecule has 0 aliphatic heterocycles. The fourth-order valence-corrected chi connectivity index (χ4v) is 4.17. The predicted octanol–water partition coefficient (Wildman–Crippen LogP) is 5.41. The van der Waals surface area contributed by atoms with Gasteiger partial charge >= 0.3 is 0 Å². The average molecular weight is 431 g/mol. The number of nitrogens with zero attached hydrogens (tertiary/aromatic N) is 1. The van der Waals surface area contributed by atoms with Gasteiger partial charge in [-0.15, -0.1) is 0 Å². The minimum atomic E-state index is -0.489. The van der Waals surface area contributed by atoms with Gasteiger partial charge in [0.05, 0.1) is 0 Å². The van der Waals surface area contributed by atoms with Crippen LogP contribution in [0.1, 0.15) is 50.3 Å². The molecule has 2 amide bonds. The van der Waals surface area contributed by atoms with E-state index in [4.69, 9.17) is 0 Å². The summed E-state index contributed by atoms with van der Waals surface area (Å²) in [6, 6.07) is 22.1. The zero-order chi connectivity index (χ0) is 23.1. The van der Waals surface area contributed by atoms with E-state index < -0.39 is 6.04 Å². The molecule has 4 nitrogen and oxygen atoms in total. The van der Waals surface area contributed by atoms with Crippen LogP contribution in [0.15, 0.2) is 66.7 Å². The number of hydrogen-bond acceptors (Lipinski definition) is 2. The van der Waals surface area contributed by atoms with Crippen molar-refractivity contribution in [3.05, 3.63) is 83.4 Å². The van der Waals surface area contributed by atoms with E-state index in [2.05, 4.69) is 29.6 Å². The summed E-state index contributed by atoms with van der Waals surface area (Å²) in [7, 11) is 0. The molecule has 0 heterocycles. The molecule has 0 fully saturated rings. The maximum atomic E-state index is 13.5. The van der Waals surface area contributed by atoms with Gasteiger partial charge in [-0.1, -0.05) is 73.7 Å². The normalized spacial score (nSPS) is 12.0. The van der Waals surface area contributed by atoms with Gasteiger partial charge in [-0.2, -0.15) is 0 Å². The Bertz CT molecular complexity index is 1070. The van der Waals surface area contributed by atoms with Crippen LogP contribution in [0.4, 0.5) is 0 Å². The van der Waals surface area contributed by atoms with Crippen LogP contribution in [-0.4, -0.2) is 28.8 Å². The highest BCUT2D eigenvalue weighted by atomic mass is 16.2. The lowest BCUT2D eigenvalue weighted by Crippen LogP contribution is -2.50. The van der Waals surface area contributed by atoms with Gasteiger partial charge in [0, 0.05) is 19.0 Å². The second kappa shape index (κ2) is 10.9. The molecule has 3 aromatic carbocycles. The lowest BCUT2D eigenvalue weighted by atomic mass is 10.00. The van der Waals surface area contributed by atoms with Gasteiger partial charge in [0.25, 0.3) is 0 Å². The van der Waals surface area contributed by atoms with E-state index in [1.54, 1.807) is 4.90 Å². The lowest BCUT2D eigenvalue weighted by molar-refractivity contribution is -0.141. The van der Waals surface area contributed by atoms with Gasteiger partial charge in [-0.05, 0) is 61.1 Å². The molecule has 168 valence electrons. The summed E-state index contributed by atoms with van der Waals surface area (Å²) in [5.41, 5.74) is 3.35. The van der Waals surface area contributed by atoms with Crippen LogP contribution < -0.4 is 5.32 Å². The summed E-state index contributed by atoms with van der Waals surface area (Å²) < 4.78 is 0. The maximum Gasteiger partial charge on any atom is 0.243 e. The van der Waals surface area contributed by atoms with Crippen LogP contribution in [0, 0.1) is 6.92 Å². The largest absolute Gasteiger partial charge is 0.352 e. The van der Waals surface area contributed by atoms with Crippen molar-refractivity contribution in [2.24, 2.45) is 0 Å². The Morgan fingerprint density at radius 2 is 1.56 bits per heavy atom. The summed E-state index contributed by atoms with van der Waals surface area (Å²) in [5, 5.41) is 5.35. The number of rotatable bonds is 9. The number of aryl methyl sites for hydroxylation is 2. The van der Waals surface area contributed by atoms with Crippen LogP contribution in [0.5, 0.6) is 0 Å². The van der Waals surface area contributed by atoms with Gasteiger partial charge in [0.2, 0.25) is 11.8 Å². The van der Waals surface area contributed by atoms with Crippen LogP contribution in [0.3, 0.4) is 0 Å². The van der Waals surface area contributed by atoms with Gasteiger partial charge in [-0.3, -0.25) is 9.59 Å². The number of nitrogens with one attached hydrogen (secondary N) is 1. The van der Waals surface area contributed by atoms with E-state index in [9.17, 15) is 9.59 Å². The van der Waals surface area contributed by atoms with Crippen molar-refractivity contribution in [3.63, 3.8) is 0 Å². The molecule has 3 aromatic rings. The first kappa shape index (κ1) is 23.5. The predicted molar refractivity (Wildman–Crippen MR) is 131 cm³/mol. The first-order valence-corrected chi connectivity index (χ1v) is 11.5. The van der Waals surface area contributed by atoms with Crippen molar-refractivity contribution in [2.75, 3.05) is 0 Å². The number of benzene rings is 3. The minimum absolute atomic E-state index is 0.00643. The van der Waals surface area contributed by atoms with E-state index in [-0.39, 0.29) is 17.9 Å². The second-order valence-electron chi connectivity index (χ2n) is 8.67.